The van der Waals surface area contributed by atoms with Crippen LogP contribution in [0.15, 0.2) is 35.1 Å². The van der Waals surface area contributed by atoms with Gasteiger partial charge in [0.2, 0.25) is 0 Å². The van der Waals surface area contributed by atoms with Crippen LogP contribution in [0.25, 0.3) is 11.3 Å². The number of aromatic nitrogens is 2. The Hall–Kier alpha value is -1.85. The molecular weight excluding hydrogens is 382 g/mol. The smallest absolute Gasteiger partial charge is 0.281 e. The van der Waals surface area contributed by atoms with Crippen LogP contribution in [0.2, 0.25) is 0 Å². The van der Waals surface area contributed by atoms with Gasteiger partial charge in [0.25, 0.3) is 10.2 Å². The molecule has 4 rings (SSSR count). The van der Waals surface area contributed by atoms with Crippen molar-refractivity contribution in [2.24, 2.45) is 5.92 Å². The van der Waals surface area contributed by atoms with Gasteiger partial charge in [0.15, 0.2) is 5.76 Å². The molecule has 10 heteroatoms. The number of hydrogen-bond acceptors (Lipinski definition) is 7. The zero-order valence-electron chi connectivity index (χ0n) is 16.1. The molecule has 2 atom stereocenters. The highest BCUT2D eigenvalue weighted by Crippen LogP contribution is 2.25. The Balaban J connectivity index is 1.51. The molecule has 2 bridgehead atoms. The summed E-state index contributed by atoms with van der Waals surface area (Å²) in [4.78, 5) is 6.34. The number of nitrogens with zero attached hydrogens (tertiary/aromatic N) is 5. The van der Waals surface area contributed by atoms with E-state index in [0.29, 0.717) is 32.8 Å². The zero-order valence-corrected chi connectivity index (χ0v) is 16.9. The quantitative estimate of drug-likeness (QED) is 0.719. The Labute approximate surface area is 165 Å². The van der Waals surface area contributed by atoms with Gasteiger partial charge in [-0.1, -0.05) is 5.16 Å². The van der Waals surface area contributed by atoms with Crippen LogP contribution in [0, 0.1) is 5.92 Å². The highest BCUT2D eigenvalue weighted by molar-refractivity contribution is 7.86. The summed E-state index contributed by atoms with van der Waals surface area (Å²) in [5.74, 6) is 0.865. The van der Waals surface area contributed by atoms with E-state index < -0.39 is 10.2 Å². The lowest BCUT2D eigenvalue weighted by atomic mass is 10.1. The number of ether oxygens (including phenoxy) is 1. The third-order valence-corrected chi connectivity index (χ3v) is 7.11. The number of rotatable bonds is 5. The van der Waals surface area contributed by atoms with E-state index in [-0.39, 0.29) is 12.0 Å². The molecule has 0 unspecified atom stereocenters. The summed E-state index contributed by atoms with van der Waals surface area (Å²) in [5, 5.41) is 4.15. The zero-order chi connectivity index (χ0) is 19.7. The van der Waals surface area contributed by atoms with Crippen molar-refractivity contribution in [3.63, 3.8) is 0 Å². The van der Waals surface area contributed by atoms with Crippen molar-refractivity contribution in [3.05, 3.63) is 36.4 Å². The molecule has 4 heterocycles. The number of hydrogen-bond donors (Lipinski definition) is 0. The second-order valence-electron chi connectivity index (χ2n) is 7.53. The molecule has 9 nitrogen and oxygen atoms in total. The van der Waals surface area contributed by atoms with E-state index >= 15 is 0 Å². The van der Waals surface area contributed by atoms with E-state index in [2.05, 4.69) is 15.0 Å². The topological polar surface area (TPSA) is 92.0 Å². The molecule has 28 heavy (non-hydrogen) atoms. The molecule has 2 saturated heterocycles. The molecule has 2 fully saturated rings. The van der Waals surface area contributed by atoms with Gasteiger partial charge in [0.1, 0.15) is 5.69 Å². The van der Waals surface area contributed by atoms with Gasteiger partial charge in [0, 0.05) is 63.7 Å². The summed E-state index contributed by atoms with van der Waals surface area (Å²) in [6.07, 6.45) is 3.47. The second kappa shape index (κ2) is 7.88. The Morgan fingerprint density at radius 1 is 1.25 bits per heavy atom. The first-order chi connectivity index (χ1) is 13.4. The molecule has 2 aromatic heterocycles. The molecule has 152 valence electrons. The fourth-order valence-corrected chi connectivity index (χ4v) is 5.10. The third-order valence-electron chi connectivity index (χ3n) is 5.15. The number of pyridine rings is 1. The molecule has 0 spiro atoms. The minimum Gasteiger partial charge on any atom is -0.379 e. The highest BCUT2D eigenvalue weighted by Gasteiger charge is 2.40. The van der Waals surface area contributed by atoms with E-state index in [1.165, 1.54) is 4.31 Å². The van der Waals surface area contributed by atoms with Crippen LogP contribution in [0.1, 0.15) is 5.76 Å². The first-order valence-electron chi connectivity index (χ1n) is 9.29. The number of fused-ring (bicyclic) bond motifs is 3. The molecule has 2 aliphatic rings. The minimum absolute atomic E-state index is 0.114. The molecule has 0 amide bonds. The van der Waals surface area contributed by atoms with E-state index in [1.807, 2.05) is 18.2 Å². The predicted octanol–water partition coefficient (Wildman–Crippen LogP) is 0.676. The monoisotopic (exact) mass is 407 g/mol. The van der Waals surface area contributed by atoms with Crippen molar-refractivity contribution in [1.29, 1.82) is 0 Å². The second-order valence-corrected chi connectivity index (χ2v) is 9.63. The Kier molecular flexibility index (Phi) is 5.48. The predicted molar refractivity (Wildman–Crippen MR) is 102 cm³/mol. The largest absolute Gasteiger partial charge is 0.379 e. The fraction of sp³-hybridized carbons (Fsp3) is 0.556. The Bertz CT molecular complexity index is 902. The van der Waals surface area contributed by atoms with Crippen molar-refractivity contribution in [2.75, 3.05) is 46.9 Å². The summed E-state index contributed by atoms with van der Waals surface area (Å²) in [6, 6.07) is 5.49. The van der Waals surface area contributed by atoms with Crippen LogP contribution < -0.4 is 0 Å². The van der Waals surface area contributed by atoms with Gasteiger partial charge >= 0.3 is 0 Å². The minimum atomic E-state index is -3.49. The summed E-state index contributed by atoms with van der Waals surface area (Å²) in [7, 11) is -0.355. The van der Waals surface area contributed by atoms with Crippen LogP contribution >= 0.6 is 0 Å². The first kappa shape index (κ1) is 19.5. The average Bonchev–Trinajstić information content (AvgIpc) is 2.93. The van der Waals surface area contributed by atoms with E-state index in [9.17, 15) is 8.42 Å². The van der Waals surface area contributed by atoms with E-state index in [4.69, 9.17) is 9.26 Å². The first-order valence-corrected chi connectivity index (χ1v) is 10.7. The molecule has 0 radical (unpaired) electrons. The lowest BCUT2D eigenvalue weighted by Crippen LogP contribution is -2.50. The normalized spacial score (nSPS) is 24.4. The van der Waals surface area contributed by atoms with Gasteiger partial charge in [-0.05, 0) is 12.1 Å². The summed E-state index contributed by atoms with van der Waals surface area (Å²) in [5.41, 5.74) is 1.65. The van der Waals surface area contributed by atoms with Crippen LogP contribution in [0.3, 0.4) is 0 Å². The fourth-order valence-electron chi connectivity index (χ4n) is 3.78. The lowest BCUT2D eigenvalue weighted by molar-refractivity contribution is 0.0533. The van der Waals surface area contributed by atoms with Gasteiger partial charge in [-0.25, -0.2) is 0 Å². The van der Waals surface area contributed by atoms with Crippen molar-refractivity contribution in [2.45, 2.75) is 12.6 Å². The van der Waals surface area contributed by atoms with Gasteiger partial charge in [-0.2, -0.15) is 17.0 Å². The SMILES string of the molecule is CN(C)S(=O)(=O)N1C[C@H]2COC[C@@H]1CN(Cc1cc(-c3cccnc3)no1)C2. The van der Waals surface area contributed by atoms with Gasteiger partial charge in [0.05, 0.1) is 25.8 Å². The third kappa shape index (κ3) is 3.96. The van der Waals surface area contributed by atoms with Gasteiger partial charge in [-0.3, -0.25) is 9.88 Å². The Morgan fingerprint density at radius 3 is 2.86 bits per heavy atom. The van der Waals surface area contributed by atoms with E-state index in [1.54, 1.807) is 30.8 Å². The Morgan fingerprint density at radius 2 is 2.11 bits per heavy atom. The van der Waals surface area contributed by atoms with Crippen LogP contribution in [-0.2, 0) is 21.5 Å². The maximum atomic E-state index is 12.7. The summed E-state index contributed by atoms with van der Waals surface area (Å²) >= 11 is 0. The van der Waals surface area contributed by atoms with E-state index in [0.717, 1.165) is 23.6 Å². The molecular formula is C18H25N5O4S. The van der Waals surface area contributed by atoms with Crippen molar-refractivity contribution >= 4 is 10.2 Å². The molecule has 2 aromatic rings. The maximum absolute atomic E-state index is 12.7. The molecule has 0 aromatic carbocycles. The van der Waals surface area contributed by atoms with Crippen LogP contribution in [0.5, 0.6) is 0 Å². The molecule has 2 aliphatic heterocycles. The van der Waals surface area contributed by atoms with Crippen LogP contribution in [-0.4, -0.2) is 85.1 Å². The average molecular weight is 407 g/mol. The molecule has 0 N–H and O–H groups in total. The van der Waals surface area contributed by atoms with Crippen molar-refractivity contribution < 1.29 is 17.7 Å². The highest BCUT2D eigenvalue weighted by atomic mass is 32.2. The standard InChI is InChI=1S/C18H25N5O4S/c1-21(2)28(24,25)23-9-14-8-22(10-16(23)13-26-12-14)11-17-6-18(20-27-17)15-4-3-5-19-7-15/h3-7,14,16H,8-13H2,1-2H3/t14-,16-/m0/s1. The lowest BCUT2D eigenvalue weighted by Gasteiger charge is -2.31. The maximum Gasteiger partial charge on any atom is 0.281 e. The van der Waals surface area contributed by atoms with Gasteiger partial charge < -0.3 is 9.26 Å². The molecule has 0 saturated carbocycles. The van der Waals surface area contributed by atoms with Crippen molar-refractivity contribution in [3.8, 4) is 11.3 Å². The summed E-state index contributed by atoms with van der Waals surface area (Å²) < 4.78 is 39.6. The van der Waals surface area contributed by atoms with Crippen molar-refractivity contribution in [1.82, 2.24) is 23.7 Å². The summed E-state index contributed by atoms with van der Waals surface area (Å²) in [6.45, 7) is 3.35. The van der Waals surface area contributed by atoms with Gasteiger partial charge in [-0.15, -0.1) is 0 Å². The molecule has 0 aliphatic carbocycles. The van der Waals surface area contributed by atoms with Crippen LogP contribution in [0.4, 0.5) is 0 Å².